The summed E-state index contributed by atoms with van der Waals surface area (Å²) in [4.78, 5) is 15.5. The number of esters is 1. The van der Waals surface area contributed by atoms with Crippen molar-refractivity contribution in [3.05, 3.63) is 28.8 Å². The molecule has 2 aromatic heterocycles. The normalized spacial score (nSPS) is 10.3. The Kier molecular flexibility index (Phi) is 3.36. The highest BCUT2D eigenvalue weighted by molar-refractivity contribution is 7.10. The van der Waals surface area contributed by atoms with E-state index in [9.17, 15) is 4.79 Å². The van der Waals surface area contributed by atoms with Gasteiger partial charge in [0.15, 0.2) is 5.76 Å². The Bertz CT molecular complexity index is 461. The highest BCUT2D eigenvalue weighted by atomic mass is 32.1. The number of hydrogen-bond acceptors (Lipinski definition) is 5. The lowest BCUT2D eigenvalue weighted by atomic mass is 10.3. The van der Waals surface area contributed by atoms with E-state index >= 15 is 0 Å². The van der Waals surface area contributed by atoms with Crippen molar-refractivity contribution in [3.8, 4) is 11.5 Å². The summed E-state index contributed by atoms with van der Waals surface area (Å²) in [5, 5.41) is 2.61. The predicted octanol–water partition coefficient (Wildman–Crippen LogP) is 2.51. The highest BCUT2D eigenvalue weighted by Gasteiger charge is 2.10. The van der Waals surface area contributed by atoms with Crippen LogP contribution in [0.25, 0.3) is 11.5 Å². The van der Waals surface area contributed by atoms with E-state index in [0.29, 0.717) is 12.4 Å². The molecular formula is C11H11NO3S. The number of rotatable bonds is 4. The zero-order chi connectivity index (χ0) is 11.4. The Morgan fingerprint density at radius 1 is 1.62 bits per heavy atom. The van der Waals surface area contributed by atoms with E-state index in [1.807, 2.05) is 11.4 Å². The maximum Gasteiger partial charge on any atom is 0.312 e. The van der Waals surface area contributed by atoms with Crippen molar-refractivity contribution in [2.45, 2.75) is 13.3 Å². The average molecular weight is 237 g/mol. The molecule has 0 saturated heterocycles. The number of hydrogen-bond donors (Lipinski definition) is 0. The first-order valence-corrected chi connectivity index (χ1v) is 5.81. The second kappa shape index (κ2) is 4.94. The molecule has 0 radical (unpaired) electrons. The topological polar surface area (TPSA) is 52.3 Å². The minimum atomic E-state index is -0.247. The van der Waals surface area contributed by atoms with E-state index in [-0.39, 0.29) is 12.4 Å². The van der Waals surface area contributed by atoms with E-state index in [0.717, 1.165) is 10.7 Å². The maximum absolute atomic E-state index is 11.2. The lowest BCUT2D eigenvalue weighted by Crippen LogP contribution is -2.07. The van der Waals surface area contributed by atoms with Crippen LogP contribution in [0.2, 0.25) is 0 Å². The molecule has 0 bridgehead atoms. The summed E-state index contributed by atoms with van der Waals surface area (Å²) in [6, 6.07) is 3.64. The van der Waals surface area contributed by atoms with Gasteiger partial charge in [-0.25, -0.2) is 4.98 Å². The number of ether oxygens (including phenoxy) is 1. The lowest BCUT2D eigenvalue weighted by Gasteiger charge is -1.97. The zero-order valence-corrected chi connectivity index (χ0v) is 9.62. The Morgan fingerprint density at radius 3 is 3.19 bits per heavy atom. The van der Waals surface area contributed by atoms with Crippen LogP contribution in [0.4, 0.5) is 0 Å². The molecule has 2 aromatic rings. The molecule has 0 saturated carbocycles. The van der Waals surface area contributed by atoms with Crippen LogP contribution in [0.5, 0.6) is 0 Å². The lowest BCUT2D eigenvalue weighted by molar-refractivity contribution is -0.142. The fourth-order valence-corrected chi connectivity index (χ4v) is 2.03. The summed E-state index contributed by atoms with van der Waals surface area (Å²) >= 11 is 1.43. The third-order valence-corrected chi connectivity index (χ3v) is 2.78. The summed E-state index contributed by atoms with van der Waals surface area (Å²) in [6.45, 7) is 2.18. The molecule has 0 amide bonds. The van der Waals surface area contributed by atoms with E-state index in [1.165, 1.54) is 11.3 Å². The zero-order valence-electron chi connectivity index (χ0n) is 8.80. The molecule has 0 atom stereocenters. The van der Waals surface area contributed by atoms with Crippen LogP contribution in [0.3, 0.4) is 0 Å². The van der Waals surface area contributed by atoms with Gasteiger partial charge in [0.1, 0.15) is 10.7 Å². The van der Waals surface area contributed by atoms with Crippen molar-refractivity contribution in [2.24, 2.45) is 0 Å². The van der Waals surface area contributed by atoms with Gasteiger partial charge in [-0.2, -0.15) is 0 Å². The molecule has 0 aliphatic heterocycles. The minimum Gasteiger partial charge on any atom is -0.466 e. The van der Waals surface area contributed by atoms with Crippen LogP contribution in [0, 0.1) is 0 Å². The van der Waals surface area contributed by atoms with Crippen LogP contribution in [-0.4, -0.2) is 17.6 Å². The smallest absolute Gasteiger partial charge is 0.312 e. The molecule has 0 spiro atoms. The van der Waals surface area contributed by atoms with Gasteiger partial charge in [0.25, 0.3) is 0 Å². The van der Waals surface area contributed by atoms with Crippen LogP contribution >= 0.6 is 11.3 Å². The Balaban J connectivity index is 2.06. The summed E-state index contributed by atoms with van der Waals surface area (Å²) in [5.41, 5.74) is 0.759. The van der Waals surface area contributed by atoms with Gasteiger partial charge in [-0.05, 0) is 19.1 Å². The van der Waals surface area contributed by atoms with Crippen molar-refractivity contribution in [3.63, 3.8) is 0 Å². The highest BCUT2D eigenvalue weighted by Crippen LogP contribution is 2.22. The van der Waals surface area contributed by atoms with E-state index in [2.05, 4.69) is 4.98 Å². The van der Waals surface area contributed by atoms with Gasteiger partial charge < -0.3 is 9.15 Å². The molecule has 0 aliphatic carbocycles. The largest absolute Gasteiger partial charge is 0.466 e. The van der Waals surface area contributed by atoms with Crippen LogP contribution in [0.15, 0.2) is 28.2 Å². The molecule has 0 aromatic carbocycles. The predicted molar refractivity (Wildman–Crippen MR) is 60.2 cm³/mol. The molecule has 4 nitrogen and oxygen atoms in total. The summed E-state index contributed by atoms with van der Waals surface area (Å²) in [5.74, 6) is 0.467. The van der Waals surface area contributed by atoms with Gasteiger partial charge in [-0.15, -0.1) is 11.3 Å². The van der Waals surface area contributed by atoms with Crippen molar-refractivity contribution in [1.82, 2.24) is 4.98 Å². The molecular weight excluding hydrogens is 226 g/mol. The number of aromatic nitrogens is 1. The van der Waals surface area contributed by atoms with Crippen LogP contribution < -0.4 is 0 Å². The van der Waals surface area contributed by atoms with Gasteiger partial charge in [-0.1, -0.05) is 0 Å². The second-order valence-electron chi connectivity index (χ2n) is 3.09. The third kappa shape index (κ3) is 2.49. The number of thiazole rings is 1. The Hall–Kier alpha value is -1.62. The number of nitrogens with zero attached hydrogens (tertiary/aromatic N) is 1. The summed E-state index contributed by atoms with van der Waals surface area (Å²) in [6.07, 6.45) is 1.82. The summed E-state index contributed by atoms with van der Waals surface area (Å²) < 4.78 is 10.1. The number of carbonyl (C=O) groups is 1. The second-order valence-corrected chi connectivity index (χ2v) is 4.03. The van der Waals surface area contributed by atoms with Crippen molar-refractivity contribution < 1.29 is 13.9 Å². The number of furan rings is 1. The van der Waals surface area contributed by atoms with Crippen molar-refractivity contribution in [1.29, 1.82) is 0 Å². The SMILES string of the molecule is CCOC(=O)Cc1nc(-c2ccco2)cs1. The maximum atomic E-state index is 11.2. The standard InChI is InChI=1S/C11H11NO3S/c1-2-14-11(13)6-10-12-8(7-16-10)9-4-3-5-15-9/h3-5,7H,2,6H2,1H3. The Labute approximate surface area is 96.9 Å². The summed E-state index contributed by atoms with van der Waals surface area (Å²) in [7, 11) is 0. The monoisotopic (exact) mass is 237 g/mol. The van der Waals surface area contributed by atoms with Gasteiger partial charge in [0, 0.05) is 5.38 Å². The first-order valence-electron chi connectivity index (χ1n) is 4.93. The van der Waals surface area contributed by atoms with Gasteiger partial charge >= 0.3 is 5.97 Å². The average Bonchev–Trinajstić information content (AvgIpc) is 2.86. The first kappa shape index (κ1) is 10.9. The van der Waals surface area contributed by atoms with E-state index in [4.69, 9.17) is 9.15 Å². The number of carbonyl (C=O) groups excluding carboxylic acids is 1. The molecule has 16 heavy (non-hydrogen) atoms. The molecule has 0 N–H and O–H groups in total. The van der Waals surface area contributed by atoms with Gasteiger partial charge in [0.2, 0.25) is 0 Å². The fraction of sp³-hybridized carbons (Fsp3) is 0.273. The van der Waals surface area contributed by atoms with E-state index < -0.39 is 0 Å². The molecule has 0 fully saturated rings. The fourth-order valence-electron chi connectivity index (χ4n) is 1.27. The molecule has 2 rings (SSSR count). The van der Waals surface area contributed by atoms with Crippen LogP contribution in [0.1, 0.15) is 11.9 Å². The third-order valence-electron chi connectivity index (χ3n) is 1.93. The van der Waals surface area contributed by atoms with Crippen molar-refractivity contribution in [2.75, 3.05) is 6.61 Å². The van der Waals surface area contributed by atoms with Gasteiger partial charge in [0.05, 0.1) is 19.3 Å². The molecule has 84 valence electrons. The van der Waals surface area contributed by atoms with Crippen molar-refractivity contribution >= 4 is 17.3 Å². The van der Waals surface area contributed by atoms with Gasteiger partial charge in [-0.3, -0.25) is 4.79 Å². The molecule has 2 heterocycles. The van der Waals surface area contributed by atoms with Crippen LogP contribution in [-0.2, 0) is 16.0 Å². The first-order chi connectivity index (χ1) is 7.79. The minimum absolute atomic E-state index is 0.221. The molecule has 0 unspecified atom stereocenters. The molecule has 0 aliphatic rings. The molecule has 5 heteroatoms. The quantitative estimate of drug-likeness (QED) is 0.767. The Morgan fingerprint density at radius 2 is 2.50 bits per heavy atom. The van der Waals surface area contributed by atoms with E-state index in [1.54, 1.807) is 19.3 Å².